The summed E-state index contributed by atoms with van der Waals surface area (Å²) in [6.45, 7) is 2.09. The van der Waals surface area contributed by atoms with Crippen molar-refractivity contribution in [2.45, 2.75) is 39.0 Å². The van der Waals surface area contributed by atoms with E-state index < -0.39 is 29.0 Å². The number of fused-ring (bicyclic) bond motifs is 1. The number of rotatable bonds is 3. The van der Waals surface area contributed by atoms with E-state index in [9.17, 15) is 17.6 Å². The average molecular weight is 403 g/mol. The van der Waals surface area contributed by atoms with E-state index in [-0.39, 0.29) is 11.1 Å². The summed E-state index contributed by atoms with van der Waals surface area (Å²) < 4.78 is 57.0. The highest BCUT2D eigenvalue weighted by Gasteiger charge is 2.24. The Morgan fingerprint density at radius 3 is 2.43 bits per heavy atom. The molecular weight excluding hydrogens is 386 g/mol. The molecule has 2 aromatic carbocycles. The molecule has 0 aromatic heterocycles. The number of isothiocyanates is 1. The lowest BCUT2D eigenvalue weighted by Crippen LogP contribution is -2.17. The second kappa shape index (κ2) is 8.68. The smallest absolute Gasteiger partial charge is 0.153 e. The third kappa shape index (κ3) is 4.16. The predicted octanol–water partition coefficient (Wildman–Crippen LogP) is 6.28. The maximum Gasteiger partial charge on any atom is 0.153 e. The normalized spacial score (nSPS) is 15.2. The summed E-state index contributed by atoms with van der Waals surface area (Å²) in [5.41, 5.74) is 0.159. The third-order valence-corrected chi connectivity index (χ3v) is 5.02. The number of benzene rings is 2. The summed E-state index contributed by atoms with van der Waals surface area (Å²) >= 11 is 4.34. The van der Waals surface area contributed by atoms with Crippen molar-refractivity contribution in [2.75, 3.05) is 0 Å². The van der Waals surface area contributed by atoms with Crippen LogP contribution in [0.3, 0.4) is 0 Å². The number of hydrogen-bond donors (Lipinski definition) is 0. The van der Waals surface area contributed by atoms with Crippen molar-refractivity contribution >= 4 is 23.1 Å². The molecule has 144 valence electrons. The van der Waals surface area contributed by atoms with Crippen LogP contribution < -0.4 is 0 Å². The van der Waals surface area contributed by atoms with Crippen LogP contribution in [0.1, 0.15) is 48.4 Å². The van der Waals surface area contributed by atoms with Gasteiger partial charge in [-0.3, -0.25) is 0 Å². The van der Waals surface area contributed by atoms with Gasteiger partial charge in [0.25, 0.3) is 0 Å². The van der Waals surface area contributed by atoms with Gasteiger partial charge in [-0.05, 0) is 66.7 Å². The number of aliphatic imine (C=N–C) groups is 1. The fraction of sp³-hybridized carbons (Fsp3) is 0.318. The maximum atomic E-state index is 14.8. The lowest BCUT2D eigenvalue weighted by atomic mass is 9.81. The summed E-state index contributed by atoms with van der Waals surface area (Å²) in [5.74, 6) is 1.86. The molecule has 1 atom stereocenters. The number of thiocarbonyl (C=S) groups is 1. The molecule has 1 aliphatic rings. The SMILES string of the molecule is CCCC1CCc2c(cc(F)c(C#Cc3cc(F)c(N=C=S)c(F)c3)c2F)C1. The second-order valence-corrected chi connectivity index (χ2v) is 7.01. The molecule has 0 aliphatic heterocycles. The molecule has 0 fully saturated rings. The lowest BCUT2D eigenvalue weighted by molar-refractivity contribution is 0.411. The van der Waals surface area contributed by atoms with Crippen LogP contribution in [0, 0.1) is 41.0 Å². The van der Waals surface area contributed by atoms with Gasteiger partial charge in [0.05, 0.1) is 10.7 Å². The fourth-order valence-electron chi connectivity index (χ4n) is 3.62. The molecule has 28 heavy (non-hydrogen) atoms. The van der Waals surface area contributed by atoms with E-state index in [2.05, 4.69) is 36.0 Å². The Morgan fingerprint density at radius 1 is 1.07 bits per heavy atom. The Labute approximate surface area is 166 Å². The summed E-state index contributed by atoms with van der Waals surface area (Å²) in [4.78, 5) is 3.31. The first-order valence-electron chi connectivity index (χ1n) is 9.03. The minimum atomic E-state index is -0.977. The Kier molecular flexibility index (Phi) is 6.28. The molecule has 0 saturated carbocycles. The van der Waals surface area contributed by atoms with Gasteiger partial charge in [-0.15, -0.1) is 0 Å². The number of halogens is 4. The molecular formula is C22H17F4NS. The van der Waals surface area contributed by atoms with Gasteiger partial charge in [-0.25, -0.2) is 17.6 Å². The molecule has 0 spiro atoms. The molecule has 1 nitrogen and oxygen atoms in total. The highest BCUT2D eigenvalue weighted by atomic mass is 32.1. The molecule has 2 aromatic rings. The van der Waals surface area contributed by atoms with Crippen molar-refractivity contribution in [2.24, 2.45) is 10.9 Å². The minimum absolute atomic E-state index is 0.0575. The van der Waals surface area contributed by atoms with Crippen LogP contribution in [0.5, 0.6) is 0 Å². The summed E-state index contributed by atoms with van der Waals surface area (Å²) in [6.07, 6.45) is 4.12. The summed E-state index contributed by atoms with van der Waals surface area (Å²) in [5, 5.41) is 1.89. The molecule has 1 unspecified atom stereocenters. The average Bonchev–Trinajstić information content (AvgIpc) is 2.64. The first kappa shape index (κ1) is 20.3. The van der Waals surface area contributed by atoms with Crippen LogP contribution >= 0.6 is 12.2 Å². The van der Waals surface area contributed by atoms with Gasteiger partial charge in [-0.2, -0.15) is 4.99 Å². The molecule has 1 aliphatic carbocycles. The minimum Gasteiger partial charge on any atom is -0.206 e. The molecule has 3 rings (SSSR count). The number of nitrogens with zero attached hydrogens (tertiary/aromatic N) is 1. The molecule has 0 amide bonds. The van der Waals surface area contributed by atoms with E-state index in [0.29, 0.717) is 29.9 Å². The van der Waals surface area contributed by atoms with Crippen LogP contribution in [0.4, 0.5) is 23.2 Å². The van der Waals surface area contributed by atoms with E-state index in [1.54, 1.807) is 0 Å². The van der Waals surface area contributed by atoms with Crippen molar-refractivity contribution in [3.05, 3.63) is 63.7 Å². The van der Waals surface area contributed by atoms with E-state index >= 15 is 0 Å². The van der Waals surface area contributed by atoms with Gasteiger partial charge in [0.2, 0.25) is 0 Å². The fourth-order valence-corrected chi connectivity index (χ4v) is 3.71. The van der Waals surface area contributed by atoms with Gasteiger partial charge in [0.15, 0.2) is 11.6 Å². The maximum absolute atomic E-state index is 14.8. The van der Waals surface area contributed by atoms with Gasteiger partial charge < -0.3 is 0 Å². The largest absolute Gasteiger partial charge is 0.206 e. The molecule has 6 heteroatoms. The Balaban J connectivity index is 1.96. The van der Waals surface area contributed by atoms with Gasteiger partial charge in [0, 0.05) is 5.56 Å². The summed E-state index contributed by atoms with van der Waals surface area (Å²) in [6, 6.07) is 3.21. The van der Waals surface area contributed by atoms with Crippen LogP contribution in [-0.2, 0) is 12.8 Å². The molecule has 0 bridgehead atoms. The van der Waals surface area contributed by atoms with Gasteiger partial charge in [0.1, 0.15) is 17.3 Å². The predicted molar refractivity (Wildman–Crippen MR) is 104 cm³/mol. The molecule has 0 radical (unpaired) electrons. The van der Waals surface area contributed by atoms with Crippen molar-refractivity contribution < 1.29 is 17.6 Å². The zero-order valence-electron chi connectivity index (χ0n) is 15.2. The number of hydrogen-bond acceptors (Lipinski definition) is 2. The van der Waals surface area contributed by atoms with Crippen LogP contribution in [0.15, 0.2) is 23.2 Å². The Bertz CT molecular complexity index is 1010. The topological polar surface area (TPSA) is 12.4 Å². The van der Waals surface area contributed by atoms with E-state index in [0.717, 1.165) is 31.4 Å². The highest BCUT2D eigenvalue weighted by molar-refractivity contribution is 7.78. The zero-order chi connectivity index (χ0) is 20.3. The van der Waals surface area contributed by atoms with E-state index in [1.165, 1.54) is 6.07 Å². The van der Waals surface area contributed by atoms with Crippen molar-refractivity contribution in [1.29, 1.82) is 0 Å². The lowest BCUT2D eigenvalue weighted by Gasteiger charge is -2.25. The first-order chi connectivity index (χ1) is 13.4. The van der Waals surface area contributed by atoms with Crippen molar-refractivity contribution in [3.63, 3.8) is 0 Å². The summed E-state index contributed by atoms with van der Waals surface area (Å²) in [7, 11) is 0. The second-order valence-electron chi connectivity index (χ2n) is 6.82. The monoisotopic (exact) mass is 403 g/mol. The first-order valence-corrected chi connectivity index (χ1v) is 9.44. The van der Waals surface area contributed by atoms with Crippen LogP contribution in [0.25, 0.3) is 0 Å². The Morgan fingerprint density at radius 2 is 1.79 bits per heavy atom. The third-order valence-electron chi connectivity index (χ3n) is 4.93. The zero-order valence-corrected chi connectivity index (χ0v) is 16.0. The Hall–Kier alpha value is -2.48. The molecule has 0 saturated heterocycles. The molecule has 0 N–H and O–H groups in total. The van der Waals surface area contributed by atoms with E-state index in [1.807, 2.05) is 5.16 Å². The van der Waals surface area contributed by atoms with Crippen LogP contribution in [0.2, 0.25) is 0 Å². The molecule has 0 heterocycles. The van der Waals surface area contributed by atoms with E-state index in [4.69, 9.17) is 0 Å². The van der Waals surface area contributed by atoms with Crippen LogP contribution in [-0.4, -0.2) is 5.16 Å². The van der Waals surface area contributed by atoms with Crippen molar-refractivity contribution in [1.82, 2.24) is 0 Å². The van der Waals surface area contributed by atoms with Gasteiger partial charge in [-0.1, -0.05) is 31.6 Å². The van der Waals surface area contributed by atoms with Gasteiger partial charge >= 0.3 is 0 Å². The highest BCUT2D eigenvalue weighted by Crippen LogP contribution is 2.32. The standard InChI is InChI=1S/C22H17F4NS/c1-2-3-13-4-6-16-15(8-13)11-18(23)17(21(16)26)7-5-14-9-19(24)22(27-12-28)20(25)10-14/h9-11,13H,2-4,6,8H2,1H3. The quantitative estimate of drug-likeness (QED) is 0.254. The van der Waals surface area contributed by atoms with Crippen molar-refractivity contribution in [3.8, 4) is 11.8 Å².